The second-order valence-corrected chi connectivity index (χ2v) is 4.08. The molecule has 0 fully saturated rings. The average Bonchev–Trinajstić information content (AvgIpc) is 2.78. The molecule has 1 aromatic carbocycles. The molecule has 0 amide bonds. The highest BCUT2D eigenvalue weighted by Gasteiger charge is 2.02. The highest BCUT2D eigenvalue weighted by atomic mass is 15.1. The first-order valence-corrected chi connectivity index (χ1v) is 5.97. The van der Waals surface area contributed by atoms with Gasteiger partial charge in [-0.15, -0.1) is 0 Å². The first-order valence-electron chi connectivity index (χ1n) is 5.97. The smallest absolute Gasteiger partial charge is 0.0923 e. The first kappa shape index (κ1) is 10.9. The average molecular weight is 214 g/mol. The van der Waals surface area contributed by atoms with Crippen LogP contribution >= 0.6 is 0 Å². The Kier molecular flexibility index (Phi) is 3.40. The van der Waals surface area contributed by atoms with Crippen LogP contribution < -0.4 is 0 Å². The topological polar surface area (TPSA) is 28.7 Å². The maximum Gasteiger partial charge on any atom is 0.0923 e. The van der Waals surface area contributed by atoms with Crippen LogP contribution in [0, 0.1) is 0 Å². The highest BCUT2D eigenvalue weighted by molar-refractivity contribution is 5.59. The van der Waals surface area contributed by atoms with Crippen molar-refractivity contribution in [3.8, 4) is 11.3 Å². The molecule has 2 heteroatoms. The number of rotatable bonds is 4. The van der Waals surface area contributed by atoms with Crippen molar-refractivity contribution in [2.24, 2.45) is 0 Å². The van der Waals surface area contributed by atoms with Gasteiger partial charge in [-0.25, -0.2) is 0 Å². The van der Waals surface area contributed by atoms with Crippen molar-refractivity contribution in [1.29, 1.82) is 0 Å². The number of hydrogen-bond donors (Lipinski definition) is 1. The second kappa shape index (κ2) is 4.97. The van der Waals surface area contributed by atoms with Gasteiger partial charge in [0.2, 0.25) is 0 Å². The molecule has 0 radical (unpaired) electrons. The number of aromatic nitrogens is 2. The van der Waals surface area contributed by atoms with Gasteiger partial charge in [0.25, 0.3) is 0 Å². The number of nitrogens with zero attached hydrogens (tertiary/aromatic N) is 1. The summed E-state index contributed by atoms with van der Waals surface area (Å²) in [6.45, 7) is 4.35. The molecule has 1 N–H and O–H groups in total. The van der Waals surface area contributed by atoms with Crippen LogP contribution in [0.2, 0.25) is 0 Å². The minimum absolute atomic E-state index is 1.05. The van der Waals surface area contributed by atoms with E-state index in [4.69, 9.17) is 0 Å². The standard InChI is InChI=1S/C14H18N2/c1-3-5-13-10-14(16-15-13)12-8-6-11(4-2)7-9-12/h6-10H,3-5H2,1-2H3,(H,15,16). The summed E-state index contributed by atoms with van der Waals surface area (Å²) in [6, 6.07) is 10.8. The summed E-state index contributed by atoms with van der Waals surface area (Å²) < 4.78 is 0. The zero-order valence-electron chi connectivity index (χ0n) is 9.96. The van der Waals surface area contributed by atoms with E-state index in [0.29, 0.717) is 0 Å². The Balaban J connectivity index is 2.21. The van der Waals surface area contributed by atoms with Crippen LogP contribution in [-0.4, -0.2) is 10.2 Å². The summed E-state index contributed by atoms with van der Waals surface area (Å²) in [5.74, 6) is 0. The van der Waals surface area contributed by atoms with E-state index in [1.165, 1.54) is 16.8 Å². The zero-order valence-corrected chi connectivity index (χ0v) is 9.96. The van der Waals surface area contributed by atoms with Crippen molar-refractivity contribution in [1.82, 2.24) is 10.2 Å². The third-order valence-corrected chi connectivity index (χ3v) is 2.81. The van der Waals surface area contributed by atoms with Crippen LogP contribution in [0.1, 0.15) is 31.5 Å². The van der Waals surface area contributed by atoms with Crippen LogP contribution in [0.3, 0.4) is 0 Å². The van der Waals surface area contributed by atoms with Crippen molar-refractivity contribution >= 4 is 0 Å². The van der Waals surface area contributed by atoms with E-state index in [0.717, 1.165) is 25.0 Å². The van der Waals surface area contributed by atoms with Gasteiger partial charge in [0.05, 0.1) is 5.69 Å². The predicted molar refractivity (Wildman–Crippen MR) is 67.4 cm³/mol. The van der Waals surface area contributed by atoms with Crippen LogP contribution in [0.5, 0.6) is 0 Å². The van der Waals surface area contributed by atoms with Crippen molar-refractivity contribution in [3.63, 3.8) is 0 Å². The van der Waals surface area contributed by atoms with Gasteiger partial charge in [0.15, 0.2) is 0 Å². The minimum Gasteiger partial charge on any atom is -0.282 e. The monoisotopic (exact) mass is 214 g/mol. The summed E-state index contributed by atoms with van der Waals surface area (Å²) in [7, 11) is 0. The third kappa shape index (κ3) is 2.32. The van der Waals surface area contributed by atoms with E-state index in [-0.39, 0.29) is 0 Å². The molecule has 2 aromatic rings. The molecular weight excluding hydrogens is 196 g/mol. The molecule has 2 nitrogen and oxygen atoms in total. The molecule has 1 heterocycles. The second-order valence-electron chi connectivity index (χ2n) is 4.08. The summed E-state index contributed by atoms with van der Waals surface area (Å²) >= 11 is 0. The molecule has 0 atom stereocenters. The zero-order chi connectivity index (χ0) is 11.4. The Morgan fingerprint density at radius 1 is 1.12 bits per heavy atom. The normalized spacial score (nSPS) is 10.6. The minimum atomic E-state index is 1.05. The summed E-state index contributed by atoms with van der Waals surface area (Å²) in [4.78, 5) is 0. The lowest BCUT2D eigenvalue weighted by Crippen LogP contribution is -1.81. The summed E-state index contributed by atoms with van der Waals surface area (Å²) in [5.41, 5.74) is 4.83. The van der Waals surface area contributed by atoms with E-state index in [2.05, 4.69) is 54.4 Å². The molecule has 0 bridgehead atoms. The van der Waals surface area contributed by atoms with Gasteiger partial charge >= 0.3 is 0 Å². The van der Waals surface area contributed by atoms with Crippen LogP contribution in [0.15, 0.2) is 30.3 Å². The third-order valence-electron chi connectivity index (χ3n) is 2.81. The molecule has 16 heavy (non-hydrogen) atoms. The largest absolute Gasteiger partial charge is 0.282 e. The summed E-state index contributed by atoms with van der Waals surface area (Å²) in [6.07, 6.45) is 3.30. The lowest BCUT2D eigenvalue weighted by molar-refractivity contribution is 0.867. The van der Waals surface area contributed by atoms with Crippen molar-refractivity contribution in [2.45, 2.75) is 33.1 Å². The molecule has 84 valence electrons. The number of aryl methyl sites for hydroxylation is 2. The number of benzene rings is 1. The molecule has 0 saturated carbocycles. The maximum atomic E-state index is 4.34. The van der Waals surface area contributed by atoms with Gasteiger partial charge in [-0.05, 0) is 24.5 Å². The van der Waals surface area contributed by atoms with Crippen LogP contribution in [-0.2, 0) is 12.8 Å². The van der Waals surface area contributed by atoms with E-state index in [1.54, 1.807) is 0 Å². The highest BCUT2D eigenvalue weighted by Crippen LogP contribution is 2.18. The number of nitrogens with one attached hydrogen (secondary N) is 1. The van der Waals surface area contributed by atoms with Gasteiger partial charge in [-0.2, -0.15) is 5.10 Å². The Morgan fingerprint density at radius 3 is 2.50 bits per heavy atom. The van der Waals surface area contributed by atoms with Gasteiger partial charge in [-0.1, -0.05) is 44.5 Å². The Bertz CT molecular complexity index is 440. The quantitative estimate of drug-likeness (QED) is 0.827. The van der Waals surface area contributed by atoms with E-state index in [1.807, 2.05) is 0 Å². The molecule has 0 saturated heterocycles. The molecular formula is C14H18N2. The van der Waals surface area contributed by atoms with Crippen molar-refractivity contribution in [3.05, 3.63) is 41.6 Å². The number of H-pyrrole nitrogens is 1. The molecule has 2 rings (SSSR count). The molecule has 0 aliphatic rings. The summed E-state index contributed by atoms with van der Waals surface area (Å²) in [5, 5.41) is 7.42. The van der Waals surface area contributed by atoms with Crippen molar-refractivity contribution in [2.75, 3.05) is 0 Å². The van der Waals surface area contributed by atoms with E-state index in [9.17, 15) is 0 Å². The van der Waals surface area contributed by atoms with E-state index < -0.39 is 0 Å². The number of hydrogen-bond acceptors (Lipinski definition) is 1. The molecule has 0 spiro atoms. The molecule has 0 unspecified atom stereocenters. The Labute approximate surface area is 96.7 Å². The fourth-order valence-corrected chi connectivity index (χ4v) is 1.82. The van der Waals surface area contributed by atoms with E-state index >= 15 is 0 Å². The van der Waals surface area contributed by atoms with Gasteiger partial charge in [0.1, 0.15) is 0 Å². The molecule has 1 aromatic heterocycles. The predicted octanol–water partition coefficient (Wildman–Crippen LogP) is 3.59. The molecule has 0 aliphatic heterocycles. The van der Waals surface area contributed by atoms with Gasteiger partial charge in [0, 0.05) is 11.3 Å². The molecule has 0 aliphatic carbocycles. The lowest BCUT2D eigenvalue weighted by Gasteiger charge is -1.98. The SMILES string of the molecule is CCCc1cc(-c2ccc(CC)cc2)n[nH]1. The first-order chi connectivity index (χ1) is 7.83. The lowest BCUT2D eigenvalue weighted by atomic mass is 10.1. The van der Waals surface area contributed by atoms with Crippen LogP contribution in [0.25, 0.3) is 11.3 Å². The fourth-order valence-electron chi connectivity index (χ4n) is 1.82. The van der Waals surface area contributed by atoms with Gasteiger partial charge < -0.3 is 0 Å². The Hall–Kier alpha value is -1.57. The van der Waals surface area contributed by atoms with Crippen LogP contribution in [0.4, 0.5) is 0 Å². The Morgan fingerprint density at radius 2 is 1.88 bits per heavy atom. The fraction of sp³-hybridized carbons (Fsp3) is 0.357. The van der Waals surface area contributed by atoms with Crippen molar-refractivity contribution < 1.29 is 0 Å². The number of aromatic amines is 1. The maximum absolute atomic E-state index is 4.34. The van der Waals surface area contributed by atoms with Gasteiger partial charge in [-0.3, -0.25) is 5.10 Å².